The normalized spacial score (nSPS) is 11.8. The van der Waals surface area contributed by atoms with Crippen LogP contribution in [0.25, 0.3) is 0 Å². The van der Waals surface area contributed by atoms with Gasteiger partial charge in [-0.2, -0.15) is 0 Å². The fourth-order valence-corrected chi connectivity index (χ4v) is 4.29. The summed E-state index contributed by atoms with van der Waals surface area (Å²) in [5.41, 5.74) is 2.38. The SMILES string of the molecule is COC(=O)c1cc(Cc2ccccc2)sc1NC(=S)Nc1ccc2c(c1)OCO2. The van der Waals surface area contributed by atoms with E-state index in [1.165, 1.54) is 18.4 Å². The first-order valence-corrected chi connectivity index (χ1v) is 10.1. The Morgan fingerprint density at radius 3 is 2.69 bits per heavy atom. The van der Waals surface area contributed by atoms with E-state index >= 15 is 0 Å². The van der Waals surface area contributed by atoms with Crippen molar-refractivity contribution in [2.24, 2.45) is 0 Å². The molecule has 3 aromatic rings. The summed E-state index contributed by atoms with van der Waals surface area (Å²) in [5, 5.41) is 7.22. The number of fused-ring (bicyclic) bond motifs is 1. The molecule has 0 bridgehead atoms. The number of thiophene rings is 1. The smallest absolute Gasteiger partial charge is 0.340 e. The second-order valence-corrected chi connectivity index (χ2v) is 7.80. The summed E-state index contributed by atoms with van der Waals surface area (Å²) in [7, 11) is 1.36. The first-order valence-electron chi connectivity index (χ1n) is 8.85. The van der Waals surface area contributed by atoms with E-state index in [4.69, 9.17) is 26.4 Å². The van der Waals surface area contributed by atoms with E-state index in [2.05, 4.69) is 22.8 Å². The van der Waals surface area contributed by atoms with Crippen LogP contribution in [0.5, 0.6) is 11.5 Å². The van der Waals surface area contributed by atoms with Crippen molar-refractivity contribution in [2.75, 3.05) is 24.5 Å². The molecule has 1 aliphatic heterocycles. The van der Waals surface area contributed by atoms with Crippen LogP contribution in [0.15, 0.2) is 54.6 Å². The van der Waals surface area contributed by atoms with E-state index in [1.807, 2.05) is 42.5 Å². The average Bonchev–Trinajstić information content (AvgIpc) is 3.34. The van der Waals surface area contributed by atoms with Crippen molar-refractivity contribution in [3.63, 3.8) is 0 Å². The van der Waals surface area contributed by atoms with E-state index in [1.54, 1.807) is 0 Å². The van der Waals surface area contributed by atoms with Crippen LogP contribution < -0.4 is 20.1 Å². The number of nitrogens with one attached hydrogen (secondary N) is 2. The maximum atomic E-state index is 12.2. The third-order valence-corrected chi connectivity index (χ3v) is 5.52. The zero-order valence-corrected chi connectivity index (χ0v) is 17.2. The van der Waals surface area contributed by atoms with Crippen molar-refractivity contribution in [3.8, 4) is 11.5 Å². The van der Waals surface area contributed by atoms with E-state index in [0.717, 1.165) is 22.5 Å². The van der Waals surface area contributed by atoms with E-state index in [-0.39, 0.29) is 6.79 Å². The third-order valence-electron chi connectivity index (χ3n) is 4.27. The van der Waals surface area contributed by atoms with Crippen LogP contribution >= 0.6 is 23.6 Å². The highest BCUT2D eigenvalue weighted by Gasteiger charge is 2.19. The molecule has 0 radical (unpaired) electrons. The lowest BCUT2D eigenvalue weighted by atomic mass is 10.1. The summed E-state index contributed by atoms with van der Waals surface area (Å²) in [5.74, 6) is 0.953. The molecule has 0 unspecified atom stereocenters. The number of esters is 1. The van der Waals surface area contributed by atoms with Gasteiger partial charge in [0.05, 0.1) is 12.7 Å². The van der Waals surface area contributed by atoms with Gasteiger partial charge in [0.2, 0.25) is 6.79 Å². The molecule has 2 heterocycles. The summed E-state index contributed by atoms with van der Waals surface area (Å²) in [6.45, 7) is 0.212. The Hall–Kier alpha value is -3.10. The molecular formula is C21H18N2O4S2. The molecule has 1 aliphatic rings. The maximum absolute atomic E-state index is 12.2. The van der Waals surface area contributed by atoms with Crippen molar-refractivity contribution in [2.45, 2.75) is 6.42 Å². The third kappa shape index (κ3) is 4.49. The first kappa shape index (κ1) is 19.2. The van der Waals surface area contributed by atoms with E-state index < -0.39 is 5.97 Å². The van der Waals surface area contributed by atoms with Crippen molar-refractivity contribution in [1.29, 1.82) is 0 Å². The predicted octanol–water partition coefficient (Wildman–Crippen LogP) is 4.66. The number of benzene rings is 2. The molecule has 2 N–H and O–H groups in total. The van der Waals surface area contributed by atoms with Gasteiger partial charge in [-0.1, -0.05) is 30.3 Å². The van der Waals surface area contributed by atoms with Gasteiger partial charge in [-0.3, -0.25) is 0 Å². The molecule has 0 fully saturated rings. The van der Waals surface area contributed by atoms with Gasteiger partial charge in [0, 0.05) is 23.1 Å². The number of carbonyl (C=O) groups excluding carboxylic acids is 1. The van der Waals surface area contributed by atoms with Crippen molar-refractivity contribution >= 4 is 45.3 Å². The van der Waals surface area contributed by atoms with Gasteiger partial charge in [-0.25, -0.2) is 4.79 Å². The lowest BCUT2D eigenvalue weighted by Gasteiger charge is -2.11. The van der Waals surface area contributed by atoms with Crippen LogP contribution in [-0.2, 0) is 11.2 Å². The summed E-state index contributed by atoms with van der Waals surface area (Å²) in [6, 6.07) is 17.4. The summed E-state index contributed by atoms with van der Waals surface area (Å²) in [4.78, 5) is 13.3. The summed E-state index contributed by atoms with van der Waals surface area (Å²) < 4.78 is 15.6. The Kier molecular flexibility index (Phi) is 5.64. The number of carbonyl (C=O) groups is 1. The number of anilines is 2. The Morgan fingerprint density at radius 1 is 1.10 bits per heavy atom. The average molecular weight is 427 g/mol. The molecule has 0 atom stereocenters. The van der Waals surface area contributed by atoms with Crippen molar-refractivity contribution < 1.29 is 19.0 Å². The van der Waals surface area contributed by atoms with E-state index in [9.17, 15) is 4.79 Å². The fourth-order valence-electron chi connectivity index (χ4n) is 2.92. The van der Waals surface area contributed by atoms with Crippen molar-refractivity contribution in [1.82, 2.24) is 0 Å². The number of rotatable bonds is 5. The van der Waals surface area contributed by atoms with Gasteiger partial charge in [-0.05, 0) is 36.0 Å². The fraction of sp³-hybridized carbons (Fsp3) is 0.143. The largest absolute Gasteiger partial charge is 0.465 e. The lowest BCUT2D eigenvalue weighted by Crippen LogP contribution is -2.19. The molecule has 0 saturated carbocycles. The number of hydrogen-bond acceptors (Lipinski definition) is 6. The second-order valence-electron chi connectivity index (χ2n) is 6.26. The lowest BCUT2D eigenvalue weighted by molar-refractivity contribution is 0.0602. The monoisotopic (exact) mass is 426 g/mol. The molecular weight excluding hydrogens is 408 g/mol. The molecule has 29 heavy (non-hydrogen) atoms. The van der Waals surface area contributed by atoms with Gasteiger partial charge in [0.25, 0.3) is 0 Å². The topological polar surface area (TPSA) is 68.8 Å². The van der Waals surface area contributed by atoms with Crippen LogP contribution in [0.1, 0.15) is 20.8 Å². The molecule has 6 nitrogen and oxygen atoms in total. The minimum Gasteiger partial charge on any atom is -0.465 e. The standard InChI is InChI=1S/C21H18N2O4S2/c1-25-20(24)16-11-15(9-13-5-3-2-4-6-13)29-19(16)23-21(28)22-14-7-8-17-18(10-14)27-12-26-17/h2-8,10-11H,9,12H2,1H3,(H2,22,23,28). The summed E-state index contributed by atoms with van der Waals surface area (Å²) >= 11 is 6.90. The van der Waals surface area contributed by atoms with Gasteiger partial charge >= 0.3 is 5.97 Å². The highest BCUT2D eigenvalue weighted by molar-refractivity contribution is 7.80. The van der Waals surface area contributed by atoms with Gasteiger partial charge in [0.15, 0.2) is 16.6 Å². The number of ether oxygens (including phenoxy) is 3. The quantitative estimate of drug-likeness (QED) is 0.454. The number of hydrogen-bond donors (Lipinski definition) is 2. The highest BCUT2D eigenvalue weighted by Crippen LogP contribution is 2.35. The van der Waals surface area contributed by atoms with Crippen LogP contribution in [0.4, 0.5) is 10.7 Å². The molecule has 148 valence electrons. The molecule has 0 amide bonds. The zero-order chi connectivity index (χ0) is 20.2. The van der Waals surface area contributed by atoms with Crippen LogP contribution in [0.3, 0.4) is 0 Å². The van der Waals surface area contributed by atoms with Gasteiger partial charge in [0.1, 0.15) is 5.00 Å². The minimum atomic E-state index is -0.408. The molecule has 1 aromatic heterocycles. The number of thiocarbonyl (C=S) groups is 1. The van der Waals surface area contributed by atoms with Crippen LogP contribution in [0, 0.1) is 0 Å². The minimum absolute atomic E-state index is 0.212. The van der Waals surface area contributed by atoms with Crippen LogP contribution in [-0.4, -0.2) is 25.0 Å². The Bertz CT molecular complexity index is 1050. The second kappa shape index (κ2) is 8.50. The van der Waals surface area contributed by atoms with E-state index in [0.29, 0.717) is 27.2 Å². The summed E-state index contributed by atoms with van der Waals surface area (Å²) in [6.07, 6.45) is 0.722. The predicted molar refractivity (Wildman–Crippen MR) is 117 cm³/mol. The zero-order valence-electron chi connectivity index (χ0n) is 15.6. The molecule has 4 rings (SSSR count). The molecule has 0 spiro atoms. The Balaban J connectivity index is 1.50. The molecule has 2 aromatic carbocycles. The molecule has 0 saturated heterocycles. The molecule has 8 heteroatoms. The highest BCUT2D eigenvalue weighted by atomic mass is 32.1. The first-order chi connectivity index (χ1) is 14.1. The van der Waals surface area contributed by atoms with Crippen LogP contribution in [0.2, 0.25) is 0 Å². The molecule has 0 aliphatic carbocycles. The Morgan fingerprint density at radius 2 is 1.90 bits per heavy atom. The Labute approximate surface area is 177 Å². The maximum Gasteiger partial charge on any atom is 0.340 e. The number of methoxy groups -OCH3 is 1. The van der Waals surface area contributed by atoms with Gasteiger partial charge in [-0.15, -0.1) is 11.3 Å². The van der Waals surface area contributed by atoms with Gasteiger partial charge < -0.3 is 24.8 Å². The van der Waals surface area contributed by atoms with Crippen molar-refractivity contribution in [3.05, 3.63) is 70.6 Å².